The Morgan fingerprint density at radius 2 is 1.71 bits per heavy atom. The largest absolute Gasteiger partial charge is 0.416 e. The number of hydroxylamine groups is 1. The van der Waals surface area contributed by atoms with Crippen LogP contribution in [0.25, 0.3) is 11.3 Å². The van der Waals surface area contributed by atoms with Crippen molar-refractivity contribution in [3.63, 3.8) is 0 Å². The van der Waals surface area contributed by atoms with Crippen LogP contribution < -0.4 is 10.8 Å². The van der Waals surface area contributed by atoms with Gasteiger partial charge in [-0.05, 0) is 30.2 Å². The maximum Gasteiger partial charge on any atom is 0.416 e. The van der Waals surface area contributed by atoms with Crippen molar-refractivity contribution in [2.24, 2.45) is 0 Å². The van der Waals surface area contributed by atoms with Crippen LogP contribution in [0.5, 0.6) is 0 Å². The van der Waals surface area contributed by atoms with E-state index in [1.165, 1.54) is 24.5 Å². The van der Waals surface area contributed by atoms with Gasteiger partial charge in [0.1, 0.15) is 5.82 Å². The molecular weight excluding hydrogens is 461 g/mol. The van der Waals surface area contributed by atoms with Crippen molar-refractivity contribution >= 4 is 17.7 Å². The molecule has 0 unspecified atom stereocenters. The van der Waals surface area contributed by atoms with Crippen LogP contribution in [0.2, 0.25) is 0 Å². The first-order chi connectivity index (χ1) is 16.7. The number of nitrogens with one attached hydrogen (secondary N) is 2. The molecule has 1 heterocycles. The summed E-state index contributed by atoms with van der Waals surface area (Å²) in [5.74, 6) is -0.664. The van der Waals surface area contributed by atoms with E-state index >= 15 is 0 Å². The number of nitrogens with zero attached hydrogens (tertiary/aromatic N) is 2. The second-order valence-electron chi connectivity index (χ2n) is 7.69. The number of rotatable bonds is 8. The number of anilines is 1. The van der Waals surface area contributed by atoms with Crippen LogP contribution in [0.3, 0.4) is 0 Å². The van der Waals surface area contributed by atoms with Gasteiger partial charge in [0.15, 0.2) is 0 Å². The highest BCUT2D eigenvalue weighted by Crippen LogP contribution is 2.31. The topological polar surface area (TPSA) is 93.2 Å². The zero-order chi connectivity index (χ0) is 25.4. The second-order valence-corrected chi connectivity index (χ2v) is 7.69. The van der Waals surface area contributed by atoms with Crippen LogP contribution >= 0.6 is 0 Å². The molecule has 10 heteroatoms. The number of aromatic nitrogens is 2. The van der Waals surface area contributed by atoms with Gasteiger partial charge in [0.05, 0.1) is 29.7 Å². The van der Waals surface area contributed by atoms with E-state index in [-0.39, 0.29) is 12.5 Å². The van der Waals surface area contributed by atoms with Crippen LogP contribution in [0.4, 0.5) is 19.0 Å². The van der Waals surface area contributed by atoms with Crippen molar-refractivity contribution in [1.82, 2.24) is 15.4 Å². The molecule has 0 aliphatic heterocycles. The highest BCUT2D eigenvalue weighted by atomic mass is 19.4. The molecule has 0 radical (unpaired) electrons. The molecule has 0 saturated heterocycles. The number of amides is 1. The van der Waals surface area contributed by atoms with Gasteiger partial charge in [-0.2, -0.15) is 18.7 Å². The molecule has 3 rings (SSSR count). The molecule has 0 spiro atoms. The number of alkyl halides is 3. The van der Waals surface area contributed by atoms with Crippen LogP contribution in [-0.4, -0.2) is 21.8 Å². The molecule has 35 heavy (non-hydrogen) atoms. The van der Waals surface area contributed by atoms with Crippen molar-refractivity contribution in [2.75, 3.05) is 5.32 Å². The Balaban J connectivity index is 1.78. The molecule has 3 aromatic rings. The van der Waals surface area contributed by atoms with E-state index in [9.17, 15) is 22.8 Å². The Bertz CT molecular complexity index is 1150. The van der Waals surface area contributed by atoms with Crippen molar-refractivity contribution < 1.29 is 27.6 Å². The number of hydrogen-bond donors (Lipinski definition) is 2. The molecule has 0 aliphatic rings. The zero-order valence-electron chi connectivity index (χ0n) is 19.2. The monoisotopic (exact) mass is 486 g/mol. The summed E-state index contributed by atoms with van der Waals surface area (Å²) < 4.78 is 38.4. The van der Waals surface area contributed by atoms with Gasteiger partial charge in [-0.15, -0.1) is 0 Å². The van der Waals surface area contributed by atoms with E-state index < -0.39 is 23.6 Å². The first-order valence-corrected chi connectivity index (χ1v) is 11.1. The van der Waals surface area contributed by atoms with Crippen molar-refractivity contribution in [2.45, 2.75) is 45.3 Å². The number of carbonyl (C=O) groups is 2. The fourth-order valence-corrected chi connectivity index (χ4v) is 3.39. The highest BCUT2D eigenvalue weighted by Gasteiger charge is 2.30. The predicted octanol–water partition coefficient (Wildman–Crippen LogP) is 5.71. The van der Waals surface area contributed by atoms with Crippen molar-refractivity contribution in [3.8, 4) is 11.3 Å². The third-order valence-corrected chi connectivity index (χ3v) is 5.19. The van der Waals surface area contributed by atoms with Gasteiger partial charge in [0, 0.05) is 17.5 Å². The fourth-order valence-electron chi connectivity index (χ4n) is 3.39. The van der Waals surface area contributed by atoms with Crippen molar-refractivity contribution in [3.05, 3.63) is 77.6 Å². The van der Waals surface area contributed by atoms with Gasteiger partial charge in [-0.1, -0.05) is 50.6 Å². The lowest BCUT2D eigenvalue weighted by Crippen LogP contribution is -2.28. The third kappa shape index (κ3) is 6.78. The third-order valence-electron chi connectivity index (χ3n) is 5.19. The maximum absolute atomic E-state index is 12.8. The van der Waals surface area contributed by atoms with Gasteiger partial charge in [0.25, 0.3) is 5.91 Å². The molecule has 0 fully saturated rings. The maximum atomic E-state index is 12.8. The lowest BCUT2D eigenvalue weighted by molar-refractivity contribution is -0.148. The van der Waals surface area contributed by atoms with Crippen LogP contribution in [0.1, 0.15) is 60.6 Å². The molecule has 1 amide bonds. The molecule has 1 aromatic heterocycles. The Kier molecular flexibility index (Phi) is 8.40. The Morgan fingerprint density at radius 3 is 2.31 bits per heavy atom. The molecule has 7 nitrogen and oxygen atoms in total. The average molecular weight is 486 g/mol. The van der Waals surface area contributed by atoms with E-state index in [1.54, 1.807) is 31.2 Å². The average Bonchev–Trinajstić information content (AvgIpc) is 2.86. The molecule has 0 saturated carbocycles. The van der Waals surface area contributed by atoms with E-state index in [0.717, 1.165) is 18.6 Å². The summed E-state index contributed by atoms with van der Waals surface area (Å²) in [4.78, 5) is 37.4. The van der Waals surface area contributed by atoms with Gasteiger partial charge in [-0.25, -0.2) is 9.78 Å². The van der Waals surface area contributed by atoms with Crippen molar-refractivity contribution in [1.29, 1.82) is 0 Å². The first kappa shape index (κ1) is 25.7. The normalized spacial score (nSPS) is 12.0. The van der Waals surface area contributed by atoms with E-state index in [0.29, 0.717) is 34.6 Å². The zero-order valence-corrected chi connectivity index (χ0v) is 19.2. The highest BCUT2D eigenvalue weighted by molar-refractivity contribution is 5.95. The molecule has 0 bridgehead atoms. The van der Waals surface area contributed by atoms with Crippen LogP contribution in [0.15, 0.2) is 60.9 Å². The smallest absolute Gasteiger partial charge is 0.362 e. The van der Waals surface area contributed by atoms with Crippen LogP contribution in [0, 0.1) is 0 Å². The predicted molar refractivity (Wildman–Crippen MR) is 124 cm³/mol. The van der Waals surface area contributed by atoms with Gasteiger partial charge < -0.3 is 10.2 Å². The SMILES string of the molecule is CCC[C@H](Nc1cnc(-c2ccc(C(F)(F)F)cc2)cn1)c1ccccc1C(=O)NOC(=O)CC. The summed E-state index contributed by atoms with van der Waals surface area (Å²) in [6, 6.07) is 11.3. The quantitative estimate of drug-likeness (QED) is 0.396. The number of halogens is 3. The Morgan fingerprint density at radius 1 is 1.00 bits per heavy atom. The molecular formula is C25H25F3N4O3. The minimum atomic E-state index is -4.41. The summed E-state index contributed by atoms with van der Waals surface area (Å²) in [5.41, 5.74) is 3.40. The molecule has 184 valence electrons. The van der Waals surface area contributed by atoms with E-state index in [1.807, 2.05) is 6.92 Å². The number of hydrogen-bond acceptors (Lipinski definition) is 6. The van der Waals surface area contributed by atoms with E-state index in [4.69, 9.17) is 4.84 Å². The standard InChI is InChI=1S/C25H25F3N4O3/c1-3-7-20(18-8-5-6-9-19(18)24(34)32-35-23(33)4-2)31-22-15-29-21(14-30-22)16-10-12-17(13-11-16)25(26,27)28/h5-6,8-15,20H,3-4,7H2,1-2H3,(H,30,31)(H,32,34)/t20-/m0/s1. The van der Waals surface area contributed by atoms with Gasteiger partial charge in [-0.3, -0.25) is 9.78 Å². The first-order valence-electron chi connectivity index (χ1n) is 11.1. The fraction of sp³-hybridized carbons (Fsp3) is 0.280. The van der Waals surface area contributed by atoms with Gasteiger partial charge in [0.2, 0.25) is 0 Å². The lowest BCUT2D eigenvalue weighted by atomic mass is 9.96. The number of benzene rings is 2. The second kappa shape index (κ2) is 11.5. The molecule has 1 atom stereocenters. The summed E-state index contributed by atoms with van der Waals surface area (Å²) in [6.07, 6.45) is 0.148. The molecule has 2 aromatic carbocycles. The van der Waals surface area contributed by atoms with Crippen LogP contribution in [-0.2, 0) is 15.8 Å². The summed E-state index contributed by atoms with van der Waals surface area (Å²) in [5, 5.41) is 3.27. The number of carbonyl (C=O) groups excluding carboxylic acids is 2. The summed E-state index contributed by atoms with van der Waals surface area (Å²) in [6.45, 7) is 3.62. The summed E-state index contributed by atoms with van der Waals surface area (Å²) >= 11 is 0. The van der Waals surface area contributed by atoms with Gasteiger partial charge >= 0.3 is 12.1 Å². The minimum absolute atomic E-state index is 0.128. The Labute approximate surface area is 200 Å². The summed E-state index contributed by atoms with van der Waals surface area (Å²) in [7, 11) is 0. The van der Waals surface area contributed by atoms with E-state index in [2.05, 4.69) is 20.8 Å². The minimum Gasteiger partial charge on any atom is -0.362 e. The Hall–Kier alpha value is -3.95. The molecule has 0 aliphatic carbocycles. The molecule has 2 N–H and O–H groups in total. The lowest BCUT2D eigenvalue weighted by Gasteiger charge is -2.21.